The van der Waals surface area contributed by atoms with Crippen molar-refractivity contribution in [1.82, 2.24) is 5.32 Å². The molecule has 0 rings (SSSR count). The van der Waals surface area contributed by atoms with Gasteiger partial charge in [0.15, 0.2) is 0 Å². The molecule has 0 aromatic rings. The first-order chi connectivity index (χ1) is 10.3. The van der Waals surface area contributed by atoms with Gasteiger partial charge in [0.05, 0.1) is 19.5 Å². The zero-order valence-corrected chi connectivity index (χ0v) is 14.6. The Bertz CT molecular complexity index is 424. The lowest BCUT2D eigenvalue weighted by molar-refractivity contribution is -0.145. The number of carbonyl (C=O) groups is 2. The van der Waals surface area contributed by atoms with Gasteiger partial charge in [0.2, 0.25) is 5.91 Å². The van der Waals surface area contributed by atoms with Crippen LogP contribution in [0.5, 0.6) is 0 Å². The van der Waals surface area contributed by atoms with Gasteiger partial charge in [-0.1, -0.05) is 26.8 Å². The summed E-state index contributed by atoms with van der Waals surface area (Å²) in [5.74, 6) is 0.322. The molecule has 5 nitrogen and oxygen atoms in total. The average Bonchev–Trinajstić information content (AvgIpc) is 2.48. The van der Waals surface area contributed by atoms with Crippen molar-refractivity contribution in [3.8, 4) is 0 Å². The molecule has 0 aliphatic rings. The third-order valence-corrected chi connectivity index (χ3v) is 2.96. The number of allylic oxidation sites excluding steroid dienone is 3. The molecular weight excluding hydrogens is 282 g/mol. The van der Waals surface area contributed by atoms with E-state index in [1.54, 1.807) is 19.1 Å². The minimum Gasteiger partial charge on any atom is -0.498 e. The molecule has 0 aromatic heterocycles. The lowest BCUT2D eigenvalue weighted by atomic mass is 10.0. The highest BCUT2D eigenvalue weighted by Gasteiger charge is 2.22. The van der Waals surface area contributed by atoms with E-state index in [-0.39, 0.29) is 11.8 Å². The average molecular weight is 311 g/mol. The van der Waals surface area contributed by atoms with Crippen LogP contribution >= 0.6 is 0 Å². The number of hydrogen-bond donors (Lipinski definition) is 1. The number of ether oxygens (including phenoxy) is 2. The molecule has 0 unspecified atom stereocenters. The van der Waals surface area contributed by atoms with Crippen LogP contribution < -0.4 is 5.32 Å². The van der Waals surface area contributed by atoms with Gasteiger partial charge in [-0.3, -0.25) is 4.79 Å². The molecule has 0 radical (unpaired) electrons. The highest BCUT2D eigenvalue weighted by Crippen LogP contribution is 2.08. The van der Waals surface area contributed by atoms with Gasteiger partial charge in [-0.2, -0.15) is 0 Å². The monoisotopic (exact) mass is 311 g/mol. The van der Waals surface area contributed by atoms with Gasteiger partial charge in [-0.05, 0) is 38.7 Å². The smallest absolute Gasteiger partial charge is 0.328 e. The molecule has 1 amide bonds. The summed E-state index contributed by atoms with van der Waals surface area (Å²) < 4.78 is 10.2. The maximum absolute atomic E-state index is 12.1. The molecule has 1 N–H and O–H groups in total. The quantitative estimate of drug-likeness (QED) is 0.308. The van der Waals surface area contributed by atoms with Crippen molar-refractivity contribution in [2.75, 3.05) is 13.7 Å². The molecule has 22 heavy (non-hydrogen) atoms. The molecule has 0 spiro atoms. The number of amides is 1. The molecule has 0 heterocycles. The van der Waals surface area contributed by atoms with Gasteiger partial charge in [-0.25, -0.2) is 4.79 Å². The first-order valence-electron chi connectivity index (χ1n) is 7.68. The van der Waals surface area contributed by atoms with Crippen molar-refractivity contribution in [2.45, 2.75) is 53.5 Å². The molecule has 0 saturated heterocycles. The summed E-state index contributed by atoms with van der Waals surface area (Å²) in [5.41, 5.74) is 0.511. The van der Waals surface area contributed by atoms with Crippen LogP contribution in [0, 0.1) is 5.92 Å². The predicted octanol–water partition coefficient (Wildman–Crippen LogP) is 2.97. The zero-order chi connectivity index (χ0) is 17.1. The van der Waals surface area contributed by atoms with Gasteiger partial charge >= 0.3 is 5.97 Å². The highest BCUT2D eigenvalue weighted by atomic mass is 16.5. The summed E-state index contributed by atoms with van der Waals surface area (Å²) in [6, 6.07) is -0.623. The van der Waals surface area contributed by atoms with Crippen molar-refractivity contribution < 1.29 is 19.1 Å². The molecule has 126 valence electrons. The molecule has 0 aromatic carbocycles. The first kappa shape index (κ1) is 20.2. The molecule has 5 heteroatoms. The van der Waals surface area contributed by atoms with Crippen LogP contribution in [0.3, 0.4) is 0 Å². The van der Waals surface area contributed by atoms with Crippen LogP contribution in [0.15, 0.2) is 23.5 Å². The highest BCUT2D eigenvalue weighted by molar-refractivity contribution is 5.95. The Morgan fingerprint density at radius 1 is 1.18 bits per heavy atom. The first-order valence-corrected chi connectivity index (χ1v) is 7.68. The maximum Gasteiger partial charge on any atom is 0.328 e. The largest absolute Gasteiger partial charge is 0.498 e. The molecule has 1 atom stereocenters. The maximum atomic E-state index is 12.1. The number of esters is 1. The van der Waals surface area contributed by atoms with E-state index in [9.17, 15) is 9.59 Å². The van der Waals surface area contributed by atoms with Gasteiger partial charge in [0, 0.05) is 5.57 Å². The summed E-state index contributed by atoms with van der Waals surface area (Å²) in [4.78, 5) is 23.8. The van der Waals surface area contributed by atoms with E-state index < -0.39 is 12.0 Å². The lowest BCUT2D eigenvalue weighted by Crippen LogP contribution is -2.42. The van der Waals surface area contributed by atoms with E-state index in [0.29, 0.717) is 18.6 Å². The minimum atomic E-state index is -0.623. The van der Waals surface area contributed by atoms with Crippen LogP contribution in [-0.2, 0) is 19.1 Å². The van der Waals surface area contributed by atoms with Crippen LogP contribution in [0.1, 0.15) is 47.5 Å². The fourth-order valence-corrected chi connectivity index (χ4v) is 1.73. The second kappa shape index (κ2) is 10.9. The Balaban J connectivity index is 4.74. The van der Waals surface area contributed by atoms with Crippen LogP contribution in [0.2, 0.25) is 0 Å². The molecule has 0 fully saturated rings. The predicted molar refractivity (Wildman–Crippen MR) is 87.2 cm³/mol. The van der Waals surface area contributed by atoms with E-state index in [0.717, 1.165) is 12.2 Å². The summed E-state index contributed by atoms with van der Waals surface area (Å²) in [7, 11) is 1.32. The number of carbonyl (C=O) groups excluding carboxylic acids is 2. The molecule has 0 aliphatic carbocycles. The fraction of sp³-hybridized carbons (Fsp3) is 0.647. The second-order valence-corrected chi connectivity index (χ2v) is 5.65. The summed E-state index contributed by atoms with van der Waals surface area (Å²) in [5, 5.41) is 2.71. The fourth-order valence-electron chi connectivity index (χ4n) is 1.73. The van der Waals surface area contributed by atoms with Gasteiger partial charge in [0.1, 0.15) is 6.04 Å². The van der Waals surface area contributed by atoms with Gasteiger partial charge in [-0.15, -0.1) is 0 Å². The van der Waals surface area contributed by atoms with Crippen molar-refractivity contribution in [2.24, 2.45) is 5.92 Å². The van der Waals surface area contributed by atoms with E-state index >= 15 is 0 Å². The molecule has 0 bridgehead atoms. The molecular formula is C17H29NO4. The van der Waals surface area contributed by atoms with Crippen molar-refractivity contribution in [1.29, 1.82) is 0 Å². The van der Waals surface area contributed by atoms with Crippen LogP contribution in [0.25, 0.3) is 0 Å². The van der Waals surface area contributed by atoms with E-state index in [4.69, 9.17) is 9.47 Å². The standard InChI is InChI=1S/C17H29NO4/c1-7-10-22-14(5)9-8-13(4)16(19)18-15(11-12(2)3)17(20)21-6/h8-9,12,15H,7,10-11H2,1-6H3,(H,18,19)/b13-8+,14-9+/t15-/m1/s1. The van der Waals surface area contributed by atoms with Gasteiger partial charge in [0.25, 0.3) is 0 Å². The lowest BCUT2D eigenvalue weighted by Gasteiger charge is -2.18. The van der Waals surface area contributed by atoms with Crippen molar-refractivity contribution in [3.05, 3.63) is 23.5 Å². The summed E-state index contributed by atoms with van der Waals surface area (Å²) in [6.45, 7) is 10.2. The van der Waals surface area contributed by atoms with E-state index in [1.165, 1.54) is 7.11 Å². The summed E-state index contributed by atoms with van der Waals surface area (Å²) >= 11 is 0. The number of nitrogens with one attached hydrogen (secondary N) is 1. The normalized spacial score (nSPS) is 13.8. The summed E-state index contributed by atoms with van der Waals surface area (Å²) in [6.07, 6.45) is 4.91. The van der Waals surface area contributed by atoms with Crippen LogP contribution in [0.4, 0.5) is 0 Å². The Morgan fingerprint density at radius 2 is 1.82 bits per heavy atom. The molecule has 0 aliphatic heterocycles. The third kappa shape index (κ3) is 8.49. The minimum absolute atomic E-state index is 0.276. The zero-order valence-electron chi connectivity index (χ0n) is 14.6. The SMILES string of the molecule is CCCO/C(C)=C/C=C(\C)C(=O)N[C@H](CC(C)C)C(=O)OC. The molecule has 0 saturated carbocycles. The number of rotatable bonds is 9. The number of hydrogen-bond acceptors (Lipinski definition) is 4. The Labute approximate surface area is 133 Å². The van der Waals surface area contributed by atoms with Crippen LogP contribution in [-0.4, -0.2) is 31.6 Å². The Morgan fingerprint density at radius 3 is 2.32 bits per heavy atom. The Kier molecular flexibility index (Phi) is 10.00. The third-order valence-electron chi connectivity index (χ3n) is 2.96. The topological polar surface area (TPSA) is 64.6 Å². The van der Waals surface area contributed by atoms with Crippen molar-refractivity contribution >= 4 is 11.9 Å². The van der Waals surface area contributed by atoms with E-state index in [2.05, 4.69) is 5.32 Å². The Hall–Kier alpha value is -1.78. The van der Waals surface area contributed by atoms with Crippen molar-refractivity contribution in [3.63, 3.8) is 0 Å². The van der Waals surface area contributed by atoms with E-state index in [1.807, 2.05) is 27.7 Å². The second-order valence-electron chi connectivity index (χ2n) is 5.65. The number of methoxy groups -OCH3 is 1. The van der Waals surface area contributed by atoms with Gasteiger partial charge < -0.3 is 14.8 Å².